The Balaban J connectivity index is 1.88. The van der Waals surface area contributed by atoms with Crippen LogP contribution in [0.4, 0.5) is 13.2 Å². The Labute approximate surface area is 160 Å². The molecule has 1 aromatic carbocycles. The Morgan fingerprint density at radius 3 is 2.56 bits per heavy atom. The van der Waals surface area contributed by atoms with Gasteiger partial charge in [0.15, 0.2) is 5.82 Å². The molecular formula is C18H20ClF3N4O. The number of alkyl halides is 3. The van der Waals surface area contributed by atoms with Gasteiger partial charge in [0.25, 0.3) is 5.91 Å². The van der Waals surface area contributed by atoms with Gasteiger partial charge in [-0.2, -0.15) is 13.2 Å². The molecule has 0 radical (unpaired) electrons. The highest BCUT2D eigenvalue weighted by Gasteiger charge is 2.36. The van der Waals surface area contributed by atoms with Crippen LogP contribution < -0.4 is 0 Å². The molecule has 0 spiro atoms. The van der Waals surface area contributed by atoms with Gasteiger partial charge in [-0.05, 0) is 18.6 Å². The number of nitrogens with zero attached hydrogens (tertiary/aromatic N) is 4. The Bertz CT molecular complexity index is 876. The molecule has 1 aromatic heterocycles. The zero-order chi connectivity index (χ0) is 20.0. The zero-order valence-corrected chi connectivity index (χ0v) is 16.0. The first-order valence-electron chi connectivity index (χ1n) is 8.64. The molecule has 2 heterocycles. The summed E-state index contributed by atoms with van der Waals surface area (Å²) in [6, 6.07) is 3.37. The van der Waals surface area contributed by atoms with E-state index >= 15 is 0 Å². The molecule has 0 saturated heterocycles. The van der Waals surface area contributed by atoms with E-state index in [1.165, 1.54) is 17.0 Å². The normalized spacial score (nSPS) is 15.0. The van der Waals surface area contributed by atoms with E-state index in [4.69, 9.17) is 11.6 Å². The monoisotopic (exact) mass is 400 g/mol. The maximum Gasteiger partial charge on any atom is 0.417 e. The average molecular weight is 401 g/mol. The summed E-state index contributed by atoms with van der Waals surface area (Å²) in [5.41, 5.74) is -1.32. The van der Waals surface area contributed by atoms with E-state index in [9.17, 15) is 18.0 Å². The van der Waals surface area contributed by atoms with E-state index in [-0.39, 0.29) is 17.5 Å². The smallest absolute Gasteiger partial charge is 0.329 e. The van der Waals surface area contributed by atoms with Crippen LogP contribution in [0.3, 0.4) is 0 Å². The highest BCUT2D eigenvalue weighted by atomic mass is 35.5. The molecule has 1 aliphatic heterocycles. The second-order valence-electron chi connectivity index (χ2n) is 7.22. The Hall–Kier alpha value is -2.09. The van der Waals surface area contributed by atoms with Crippen molar-refractivity contribution in [3.8, 4) is 0 Å². The molecular weight excluding hydrogens is 381 g/mol. The number of hydrogen-bond acceptors (Lipinski definition) is 3. The fraction of sp³-hybridized carbons (Fsp3) is 0.500. The summed E-state index contributed by atoms with van der Waals surface area (Å²) >= 11 is 5.89. The van der Waals surface area contributed by atoms with Crippen molar-refractivity contribution in [1.29, 1.82) is 0 Å². The third-order valence-electron chi connectivity index (χ3n) is 5.06. The lowest BCUT2D eigenvalue weighted by molar-refractivity contribution is -0.137. The molecule has 9 heteroatoms. The number of fused-ring (bicyclic) bond motifs is 1. The van der Waals surface area contributed by atoms with Crippen LogP contribution in [-0.4, -0.2) is 32.1 Å². The molecule has 0 aliphatic carbocycles. The van der Waals surface area contributed by atoms with Crippen LogP contribution in [0.2, 0.25) is 5.02 Å². The van der Waals surface area contributed by atoms with Crippen molar-refractivity contribution in [3.05, 3.63) is 46.0 Å². The van der Waals surface area contributed by atoms with E-state index in [2.05, 4.69) is 31.0 Å². The second kappa shape index (κ2) is 6.82. The molecule has 3 rings (SSSR count). The van der Waals surface area contributed by atoms with Gasteiger partial charge in [0, 0.05) is 18.5 Å². The average Bonchev–Trinajstić information content (AvgIpc) is 3.04. The van der Waals surface area contributed by atoms with Gasteiger partial charge in [0.1, 0.15) is 5.82 Å². The van der Waals surface area contributed by atoms with Crippen LogP contribution in [-0.2, 0) is 24.7 Å². The van der Waals surface area contributed by atoms with E-state index in [0.717, 1.165) is 18.3 Å². The Morgan fingerprint density at radius 2 is 1.93 bits per heavy atom. The van der Waals surface area contributed by atoms with Crippen molar-refractivity contribution in [2.24, 2.45) is 0 Å². The first-order chi connectivity index (χ1) is 12.6. The van der Waals surface area contributed by atoms with Gasteiger partial charge in [-0.15, -0.1) is 10.2 Å². The number of carbonyl (C=O) groups is 1. The number of benzene rings is 1. The van der Waals surface area contributed by atoms with Crippen molar-refractivity contribution in [3.63, 3.8) is 0 Å². The molecule has 2 aromatic rings. The van der Waals surface area contributed by atoms with Crippen LogP contribution in [0.1, 0.15) is 54.8 Å². The minimum absolute atomic E-state index is 0.151. The third kappa shape index (κ3) is 3.54. The molecule has 0 atom stereocenters. The van der Waals surface area contributed by atoms with Crippen LogP contribution in [0.5, 0.6) is 0 Å². The van der Waals surface area contributed by atoms with Crippen molar-refractivity contribution >= 4 is 17.5 Å². The standard InChI is InChI=1S/C18H20ClF3N4O/c1-4-17(2,3)16-24-23-13-10-25(8-9-26(13)16)15(27)11-6-5-7-12(14(11)19)18(20,21)22/h5-7H,4,8-10H2,1-3H3. The third-order valence-corrected chi connectivity index (χ3v) is 5.47. The quantitative estimate of drug-likeness (QED) is 0.772. The molecule has 0 saturated carbocycles. The van der Waals surface area contributed by atoms with Crippen molar-refractivity contribution in [2.75, 3.05) is 6.54 Å². The molecule has 146 valence electrons. The summed E-state index contributed by atoms with van der Waals surface area (Å²) in [7, 11) is 0. The summed E-state index contributed by atoms with van der Waals surface area (Å²) in [5.74, 6) is 0.926. The number of halogens is 4. The lowest BCUT2D eigenvalue weighted by atomic mass is 9.89. The molecule has 0 fully saturated rings. The largest absolute Gasteiger partial charge is 0.417 e. The lowest BCUT2D eigenvalue weighted by Crippen LogP contribution is -2.40. The number of aromatic nitrogens is 3. The van der Waals surface area contributed by atoms with Gasteiger partial charge < -0.3 is 9.47 Å². The van der Waals surface area contributed by atoms with Crippen molar-refractivity contribution < 1.29 is 18.0 Å². The highest BCUT2D eigenvalue weighted by molar-refractivity contribution is 6.34. The predicted molar refractivity (Wildman–Crippen MR) is 94.5 cm³/mol. The van der Waals surface area contributed by atoms with Crippen LogP contribution in [0, 0.1) is 0 Å². The van der Waals surface area contributed by atoms with Gasteiger partial charge in [-0.3, -0.25) is 4.79 Å². The van der Waals surface area contributed by atoms with E-state index in [0.29, 0.717) is 18.9 Å². The minimum Gasteiger partial charge on any atom is -0.329 e. The molecule has 1 aliphatic rings. The van der Waals surface area contributed by atoms with E-state index in [1.807, 2.05) is 4.57 Å². The molecule has 0 unspecified atom stereocenters. The van der Waals surface area contributed by atoms with Gasteiger partial charge in [-0.1, -0.05) is 38.4 Å². The lowest BCUT2D eigenvalue weighted by Gasteiger charge is -2.30. The van der Waals surface area contributed by atoms with Gasteiger partial charge >= 0.3 is 6.18 Å². The fourth-order valence-electron chi connectivity index (χ4n) is 3.08. The van der Waals surface area contributed by atoms with Crippen LogP contribution in [0.15, 0.2) is 18.2 Å². The maximum atomic E-state index is 13.0. The molecule has 27 heavy (non-hydrogen) atoms. The first kappa shape index (κ1) is 19.7. The molecule has 0 N–H and O–H groups in total. The maximum absolute atomic E-state index is 13.0. The fourth-order valence-corrected chi connectivity index (χ4v) is 3.39. The van der Waals surface area contributed by atoms with E-state index in [1.54, 1.807) is 0 Å². The first-order valence-corrected chi connectivity index (χ1v) is 9.01. The molecule has 0 bridgehead atoms. The van der Waals surface area contributed by atoms with Crippen LogP contribution >= 0.6 is 11.6 Å². The van der Waals surface area contributed by atoms with Gasteiger partial charge in [0.2, 0.25) is 0 Å². The Kier molecular flexibility index (Phi) is 4.96. The summed E-state index contributed by atoms with van der Waals surface area (Å²) in [5, 5.41) is 7.88. The summed E-state index contributed by atoms with van der Waals surface area (Å²) in [6.07, 6.45) is -3.73. The topological polar surface area (TPSA) is 51.0 Å². The van der Waals surface area contributed by atoms with Crippen LogP contribution in [0.25, 0.3) is 0 Å². The molecule has 1 amide bonds. The SMILES string of the molecule is CCC(C)(C)c1nnc2n1CCN(C(=O)c1cccc(C(F)(F)F)c1Cl)C2. The summed E-state index contributed by atoms with van der Waals surface area (Å²) in [6.45, 7) is 7.23. The van der Waals surface area contributed by atoms with Gasteiger partial charge in [-0.25, -0.2) is 0 Å². The number of hydrogen-bond donors (Lipinski definition) is 0. The number of amides is 1. The van der Waals surface area contributed by atoms with E-state index < -0.39 is 22.7 Å². The summed E-state index contributed by atoms with van der Waals surface area (Å²) in [4.78, 5) is 14.2. The van der Waals surface area contributed by atoms with Crippen molar-refractivity contribution in [1.82, 2.24) is 19.7 Å². The zero-order valence-electron chi connectivity index (χ0n) is 15.3. The predicted octanol–water partition coefficient (Wildman–Crippen LogP) is 4.29. The summed E-state index contributed by atoms with van der Waals surface area (Å²) < 4.78 is 41.1. The highest BCUT2D eigenvalue weighted by Crippen LogP contribution is 2.37. The number of carbonyl (C=O) groups excluding carboxylic acids is 1. The van der Waals surface area contributed by atoms with Crippen molar-refractivity contribution in [2.45, 2.75) is 51.9 Å². The van der Waals surface area contributed by atoms with Gasteiger partial charge in [0.05, 0.1) is 22.7 Å². The Morgan fingerprint density at radius 1 is 1.22 bits per heavy atom. The number of rotatable bonds is 3. The molecule has 5 nitrogen and oxygen atoms in total. The minimum atomic E-state index is -4.61. The second-order valence-corrected chi connectivity index (χ2v) is 7.60.